The molecule has 8 heteroatoms. The van der Waals surface area contributed by atoms with Crippen molar-refractivity contribution in [1.29, 1.82) is 0 Å². The van der Waals surface area contributed by atoms with E-state index in [1.54, 1.807) is 24.4 Å². The molecule has 2 aliphatic heterocycles. The minimum atomic E-state index is -0.545. The monoisotopic (exact) mass is 497 g/mol. The Morgan fingerprint density at radius 3 is 2.30 bits per heavy atom. The van der Waals surface area contributed by atoms with Gasteiger partial charge in [0.1, 0.15) is 5.82 Å². The quantitative estimate of drug-likeness (QED) is 0.406. The molecule has 1 aromatic heterocycles. The van der Waals surface area contributed by atoms with Crippen LogP contribution < -0.4 is 21.3 Å². The summed E-state index contributed by atoms with van der Waals surface area (Å²) in [4.78, 5) is 43.6. The molecule has 8 nitrogen and oxygen atoms in total. The van der Waals surface area contributed by atoms with E-state index in [9.17, 15) is 14.4 Å². The number of nitrogens with two attached hydrogens (primary N) is 1. The van der Waals surface area contributed by atoms with Crippen molar-refractivity contribution in [2.45, 2.75) is 57.3 Å². The van der Waals surface area contributed by atoms with Gasteiger partial charge in [0.2, 0.25) is 0 Å². The third-order valence-corrected chi connectivity index (χ3v) is 7.36. The van der Waals surface area contributed by atoms with Gasteiger partial charge in [-0.25, -0.2) is 4.98 Å². The van der Waals surface area contributed by atoms with Crippen LogP contribution in [0.4, 0.5) is 11.5 Å². The van der Waals surface area contributed by atoms with E-state index in [4.69, 9.17) is 5.73 Å². The summed E-state index contributed by atoms with van der Waals surface area (Å²) in [7, 11) is 0. The third kappa shape index (κ3) is 5.33. The largest absolute Gasteiger partial charge is 0.380 e. The highest BCUT2D eigenvalue weighted by Crippen LogP contribution is 2.38. The van der Waals surface area contributed by atoms with Gasteiger partial charge in [-0.05, 0) is 68.5 Å². The Balaban J connectivity index is 1.26. The number of piperidine rings is 1. The summed E-state index contributed by atoms with van der Waals surface area (Å²) >= 11 is 0. The second kappa shape index (κ2) is 10.4. The molecule has 37 heavy (non-hydrogen) atoms. The van der Waals surface area contributed by atoms with Gasteiger partial charge in [0, 0.05) is 47.7 Å². The van der Waals surface area contributed by atoms with Crippen molar-refractivity contribution < 1.29 is 14.4 Å². The number of rotatable bonds is 8. The van der Waals surface area contributed by atoms with Crippen LogP contribution in [0.3, 0.4) is 0 Å². The minimum Gasteiger partial charge on any atom is -0.380 e. The first-order valence-corrected chi connectivity index (χ1v) is 12.7. The molecule has 4 N–H and O–H groups in total. The zero-order chi connectivity index (χ0) is 25.9. The summed E-state index contributed by atoms with van der Waals surface area (Å²) in [5.74, 6) is 0.182. The van der Waals surface area contributed by atoms with Crippen molar-refractivity contribution in [3.8, 4) is 0 Å². The van der Waals surface area contributed by atoms with Crippen LogP contribution in [-0.2, 0) is 6.54 Å². The van der Waals surface area contributed by atoms with E-state index < -0.39 is 5.91 Å². The van der Waals surface area contributed by atoms with Crippen LogP contribution in [0, 0.1) is 0 Å². The number of benzene rings is 2. The highest BCUT2D eigenvalue weighted by atomic mass is 16.2. The fourth-order valence-corrected chi connectivity index (χ4v) is 5.52. The first-order chi connectivity index (χ1) is 17.9. The molecule has 3 heterocycles. The van der Waals surface area contributed by atoms with Gasteiger partial charge in [-0.15, -0.1) is 0 Å². The van der Waals surface area contributed by atoms with E-state index >= 15 is 0 Å². The van der Waals surface area contributed by atoms with Gasteiger partial charge in [-0.3, -0.25) is 14.4 Å². The number of fused-ring (bicyclic) bond motifs is 2. The summed E-state index contributed by atoms with van der Waals surface area (Å²) < 4.78 is 0. The Labute approximate surface area is 216 Å². The molecule has 2 aromatic carbocycles. The number of nitrogens with one attached hydrogen (secondary N) is 2. The van der Waals surface area contributed by atoms with Gasteiger partial charge in [-0.1, -0.05) is 30.3 Å². The highest BCUT2D eigenvalue weighted by Gasteiger charge is 2.41. The lowest BCUT2D eigenvalue weighted by molar-refractivity contribution is 0.0924. The number of hydrogen-bond acceptors (Lipinski definition) is 6. The maximum absolute atomic E-state index is 13.2. The van der Waals surface area contributed by atoms with E-state index in [0.29, 0.717) is 41.0 Å². The van der Waals surface area contributed by atoms with E-state index in [1.165, 1.54) is 6.92 Å². The van der Waals surface area contributed by atoms with Crippen LogP contribution >= 0.6 is 0 Å². The standard InChI is InChI=1S/C29H31N5O3/c1-18(35)21-8-12-27(32-17-21)34-23-9-10-24(34)15-22(14-23)33-29(37)20-7-11-25(28(30)36)26(13-20)31-16-19-5-3-2-4-6-19/h2-8,11-13,17,22-24,31H,9-10,14-16H2,1H3,(H2,30,36)(H,33,37)/t22-,23+,24-. The summed E-state index contributed by atoms with van der Waals surface area (Å²) in [5.41, 5.74) is 8.61. The van der Waals surface area contributed by atoms with Crippen molar-refractivity contribution >= 4 is 29.1 Å². The molecule has 2 aliphatic rings. The van der Waals surface area contributed by atoms with Crippen molar-refractivity contribution in [1.82, 2.24) is 10.3 Å². The molecule has 0 unspecified atom stereocenters. The molecule has 0 saturated carbocycles. The number of nitrogens with zero attached hydrogens (tertiary/aromatic N) is 2. The summed E-state index contributed by atoms with van der Waals surface area (Å²) in [6, 6.07) is 19.2. The maximum Gasteiger partial charge on any atom is 0.251 e. The minimum absolute atomic E-state index is 0.00530. The molecule has 0 radical (unpaired) electrons. The van der Waals surface area contributed by atoms with Gasteiger partial charge in [0.15, 0.2) is 5.78 Å². The molecular formula is C29H31N5O3. The van der Waals surface area contributed by atoms with Crippen LogP contribution in [0.2, 0.25) is 0 Å². The van der Waals surface area contributed by atoms with E-state index in [2.05, 4.69) is 20.5 Å². The average molecular weight is 498 g/mol. The van der Waals surface area contributed by atoms with Crippen LogP contribution in [-0.4, -0.2) is 40.7 Å². The summed E-state index contributed by atoms with van der Waals surface area (Å²) in [6.45, 7) is 2.05. The summed E-state index contributed by atoms with van der Waals surface area (Å²) in [5, 5.41) is 6.46. The Morgan fingerprint density at radius 2 is 1.68 bits per heavy atom. The van der Waals surface area contributed by atoms with E-state index in [-0.39, 0.29) is 17.7 Å². The number of anilines is 2. The average Bonchev–Trinajstić information content (AvgIpc) is 3.17. The number of hydrogen-bond donors (Lipinski definition) is 3. The number of carbonyl (C=O) groups excluding carboxylic acids is 3. The molecule has 190 valence electrons. The Hall–Kier alpha value is -4.20. The van der Waals surface area contributed by atoms with Crippen molar-refractivity contribution in [3.63, 3.8) is 0 Å². The van der Waals surface area contributed by atoms with Crippen molar-refractivity contribution in [2.75, 3.05) is 10.2 Å². The zero-order valence-corrected chi connectivity index (χ0v) is 20.8. The highest BCUT2D eigenvalue weighted by molar-refractivity contribution is 6.02. The predicted molar refractivity (Wildman–Crippen MR) is 143 cm³/mol. The number of ketones is 1. The van der Waals surface area contributed by atoms with Crippen LogP contribution in [0.1, 0.15) is 69.2 Å². The molecule has 2 bridgehead atoms. The molecule has 2 amide bonds. The number of aromatic nitrogens is 1. The second-order valence-corrected chi connectivity index (χ2v) is 9.86. The number of Topliss-reactive ketones (excluding diaryl/α,β-unsaturated/α-hetero) is 1. The lowest BCUT2D eigenvalue weighted by Crippen LogP contribution is -2.50. The van der Waals surface area contributed by atoms with Crippen LogP contribution in [0.15, 0.2) is 66.9 Å². The molecular weight excluding hydrogens is 466 g/mol. The van der Waals surface area contributed by atoms with Gasteiger partial charge < -0.3 is 21.3 Å². The molecule has 2 saturated heterocycles. The van der Waals surface area contributed by atoms with E-state index in [0.717, 1.165) is 37.1 Å². The van der Waals surface area contributed by atoms with Crippen LogP contribution in [0.5, 0.6) is 0 Å². The zero-order valence-electron chi connectivity index (χ0n) is 20.8. The summed E-state index contributed by atoms with van der Waals surface area (Å²) in [6.07, 6.45) is 5.40. The molecule has 2 fully saturated rings. The van der Waals surface area contributed by atoms with Crippen molar-refractivity contribution in [2.24, 2.45) is 5.73 Å². The van der Waals surface area contributed by atoms with Gasteiger partial charge >= 0.3 is 0 Å². The smallest absolute Gasteiger partial charge is 0.251 e. The normalized spacial score (nSPS) is 20.4. The molecule has 3 aromatic rings. The van der Waals surface area contributed by atoms with Crippen molar-refractivity contribution in [3.05, 3.63) is 89.1 Å². The number of primary amides is 1. The van der Waals surface area contributed by atoms with E-state index in [1.807, 2.05) is 42.5 Å². The molecule has 5 rings (SSSR count). The fourth-order valence-electron chi connectivity index (χ4n) is 5.52. The number of pyridine rings is 1. The number of carbonyl (C=O) groups is 3. The number of amides is 2. The molecule has 3 atom stereocenters. The lowest BCUT2D eigenvalue weighted by Gasteiger charge is -2.40. The molecule has 0 aliphatic carbocycles. The SMILES string of the molecule is CC(=O)c1ccc(N2[C@@H]3CC[C@H]2C[C@@H](NC(=O)c2ccc(C(N)=O)c(NCc4ccccc4)c2)C3)nc1. The first-order valence-electron chi connectivity index (χ1n) is 12.7. The molecule has 0 spiro atoms. The Kier molecular flexibility index (Phi) is 6.90. The lowest BCUT2D eigenvalue weighted by atomic mass is 9.96. The van der Waals surface area contributed by atoms with Gasteiger partial charge in [0.25, 0.3) is 11.8 Å². The first kappa shape index (κ1) is 24.5. The Bertz CT molecular complexity index is 1290. The van der Waals surface area contributed by atoms with Gasteiger partial charge in [0.05, 0.1) is 5.56 Å². The van der Waals surface area contributed by atoms with Gasteiger partial charge in [-0.2, -0.15) is 0 Å². The Morgan fingerprint density at radius 1 is 0.973 bits per heavy atom. The predicted octanol–water partition coefficient (Wildman–Crippen LogP) is 3.93. The van der Waals surface area contributed by atoms with Crippen LogP contribution in [0.25, 0.3) is 0 Å². The third-order valence-electron chi connectivity index (χ3n) is 7.36. The fraction of sp³-hybridized carbons (Fsp3) is 0.310. The topological polar surface area (TPSA) is 117 Å². The maximum atomic E-state index is 13.2. The second-order valence-electron chi connectivity index (χ2n) is 9.86.